The highest BCUT2D eigenvalue weighted by Crippen LogP contribution is 2.34. The van der Waals surface area contributed by atoms with E-state index in [4.69, 9.17) is 5.73 Å². The largest absolute Gasteiger partial charge is 0.382 e. The van der Waals surface area contributed by atoms with Crippen LogP contribution in [0.25, 0.3) is 22.4 Å². The van der Waals surface area contributed by atoms with Gasteiger partial charge in [-0.1, -0.05) is 24.3 Å². The summed E-state index contributed by atoms with van der Waals surface area (Å²) in [4.78, 5) is 9.94. The molecule has 1 aliphatic heterocycles. The molecular weight excluding hydrogens is 333 g/mol. The SMILES string of the molecule is Nc1cnc(-c2ccc(-c3ccccc3N3CCNC3O)cc2F)cn1. The van der Waals surface area contributed by atoms with Crippen molar-refractivity contribution >= 4 is 11.5 Å². The fourth-order valence-corrected chi connectivity index (χ4v) is 3.13. The molecular formula is C19H18FN5O. The first kappa shape index (κ1) is 16.4. The Labute approximate surface area is 150 Å². The second-order valence-electron chi connectivity index (χ2n) is 6.06. The number of para-hydroxylation sites is 1. The first-order chi connectivity index (χ1) is 12.6. The standard InChI is InChI=1S/C19H18FN5O/c20-15-9-12(5-6-14(15)16-10-24-18(21)11-23-16)13-3-1-2-4-17(13)25-8-7-22-19(25)26/h1-6,9-11,19,22,26H,7-8H2,(H2,21,24). The molecule has 1 aromatic heterocycles. The minimum absolute atomic E-state index is 0.289. The maximum atomic E-state index is 14.7. The maximum Gasteiger partial charge on any atom is 0.184 e. The minimum atomic E-state index is -0.745. The van der Waals surface area contributed by atoms with Gasteiger partial charge in [0.25, 0.3) is 0 Å². The lowest BCUT2D eigenvalue weighted by atomic mass is 10.00. The number of hydrogen-bond donors (Lipinski definition) is 3. The number of aromatic nitrogens is 2. The van der Waals surface area contributed by atoms with E-state index in [1.54, 1.807) is 6.07 Å². The fourth-order valence-electron chi connectivity index (χ4n) is 3.13. The zero-order valence-electron chi connectivity index (χ0n) is 13.9. The summed E-state index contributed by atoms with van der Waals surface area (Å²) in [7, 11) is 0. The van der Waals surface area contributed by atoms with Crippen LogP contribution < -0.4 is 16.0 Å². The van der Waals surface area contributed by atoms with Crippen LogP contribution in [-0.2, 0) is 0 Å². The van der Waals surface area contributed by atoms with Crippen LogP contribution in [0.2, 0.25) is 0 Å². The number of nitrogens with two attached hydrogens (primary N) is 1. The summed E-state index contributed by atoms with van der Waals surface area (Å²) in [6, 6.07) is 12.6. The average molecular weight is 351 g/mol. The van der Waals surface area contributed by atoms with Gasteiger partial charge < -0.3 is 15.7 Å². The Balaban J connectivity index is 1.73. The van der Waals surface area contributed by atoms with Gasteiger partial charge in [-0.15, -0.1) is 0 Å². The number of aliphatic hydroxyl groups excluding tert-OH is 1. The summed E-state index contributed by atoms with van der Waals surface area (Å²) in [6.45, 7) is 1.37. The summed E-state index contributed by atoms with van der Waals surface area (Å²) in [5.74, 6) is -0.103. The molecule has 1 unspecified atom stereocenters. The Morgan fingerprint density at radius 1 is 1.12 bits per heavy atom. The molecule has 0 aliphatic carbocycles. The predicted molar refractivity (Wildman–Crippen MR) is 98.6 cm³/mol. The number of halogens is 1. The first-order valence-corrected chi connectivity index (χ1v) is 8.28. The summed E-state index contributed by atoms with van der Waals surface area (Å²) < 4.78 is 14.7. The van der Waals surface area contributed by atoms with Crippen LogP contribution in [0, 0.1) is 5.82 Å². The number of anilines is 2. The van der Waals surface area contributed by atoms with Crippen molar-refractivity contribution in [1.82, 2.24) is 15.3 Å². The van der Waals surface area contributed by atoms with Gasteiger partial charge in [-0.2, -0.15) is 0 Å². The molecule has 2 heterocycles. The number of nitrogens with zero attached hydrogens (tertiary/aromatic N) is 3. The van der Waals surface area contributed by atoms with Crippen molar-refractivity contribution in [3.05, 3.63) is 60.7 Å². The van der Waals surface area contributed by atoms with E-state index < -0.39 is 12.2 Å². The highest BCUT2D eigenvalue weighted by molar-refractivity contribution is 5.80. The summed E-state index contributed by atoms with van der Waals surface area (Å²) in [6.07, 6.45) is 2.11. The van der Waals surface area contributed by atoms with E-state index in [1.165, 1.54) is 18.5 Å². The van der Waals surface area contributed by atoms with Crippen molar-refractivity contribution in [2.45, 2.75) is 6.35 Å². The van der Waals surface area contributed by atoms with E-state index in [-0.39, 0.29) is 5.82 Å². The Morgan fingerprint density at radius 3 is 2.65 bits per heavy atom. The van der Waals surface area contributed by atoms with E-state index >= 15 is 0 Å². The lowest BCUT2D eigenvalue weighted by Gasteiger charge is -2.24. The molecule has 4 N–H and O–H groups in total. The highest BCUT2D eigenvalue weighted by Gasteiger charge is 2.24. The Kier molecular flexibility index (Phi) is 4.24. The molecule has 3 aromatic rings. The van der Waals surface area contributed by atoms with E-state index in [0.29, 0.717) is 24.3 Å². The van der Waals surface area contributed by atoms with Crippen molar-refractivity contribution in [3.63, 3.8) is 0 Å². The minimum Gasteiger partial charge on any atom is -0.382 e. The molecule has 1 saturated heterocycles. The number of rotatable bonds is 3. The van der Waals surface area contributed by atoms with Crippen molar-refractivity contribution in [3.8, 4) is 22.4 Å². The zero-order valence-corrected chi connectivity index (χ0v) is 13.9. The molecule has 0 spiro atoms. The second kappa shape index (κ2) is 6.70. The van der Waals surface area contributed by atoms with E-state index in [9.17, 15) is 9.50 Å². The molecule has 6 nitrogen and oxygen atoms in total. The molecule has 2 aromatic carbocycles. The zero-order chi connectivity index (χ0) is 18.1. The predicted octanol–water partition coefficient (Wildman–Crippen LogP) is 2.22. The number of benzene rings is 2. The molecule has 0 bridgehead atoms. The monoisotopic (exact) mass is 351 g/mol. The van der Waals surface area contributed by atoms with E-state index in [1.807, 2.05) is 35.2 Å². The number of nitrogen functional groups attached to an aromatic ring is 1. The van der Waals surface area contributed by atoms with Crippen LogP contribution in [0.3, 0.4) is 0 Å². The van der Waals surface area contributed by atoms with Crippen LogP contribution >= 0.6 is 0 Å². The van der Waals surface area contributed by atoms with Crippen LogP contribution in [0.4, 0.5) is 15.9 Å². The Bertz CT molecular complexity index is 931. The smallest absolute Gasteiger partial charge is 0.184 e. The number of hydrogen-bond acceptors (Lipinski definition) is 6. The number of aliphatic hydroxyl groups is 1. The Hall–Kier alpha value is -3.03. The summed E-state index contributed by atoms with van der Waals surface area (Å²) >= 11 is 0. The molecule has 0 saturated carbocycles. The van der Waals surface area contributed by atoms with E-state index in [0.717, 1.165) is 16.8 Å². The summed E-state index contributed by atoms with van der Waals surface area (Å²) in [5, 5.41) is 13.1. The van der Waals surface area contributed by atoms with E-state index in [2.05, 4.69) is 15.3 Å². The van der Waals surface area contributed by atoms with Gasteiger partial charge in [-0.25, -0.2) is 9.37 Å². The van der Waals surface area contributed by atoms with Crippen LogP contribution in [-0.4, -0.2) is 34.5 Å². The van der Waals surface area contributed by atoms with Crippen molar-refractivity contribution in [2.75, 3.05) is 23.7 Å². The quantitative estimate of drug-likeness (QED) is 0.671. The van der Waals surface area contributed by atoms with Gasteiger partial charge in [0.2, 0.25) is 0 Å². The fraction of sp³-hybridized carbons (Fsp3) is 0.158. The van der Waals surface area contributed by atoms with Gasteiger partial charge in [-0.3, -0.25) is 10.3 Å². The van der Waals surface area contributed by atoms with Crippen LogP contribution in [0.5, 0.6) is 0 Å². The third-order valence-corrected chi connectivity index (χ3v) is 4.42. The lowest BCUT2D eigenvalue weighted by Crippen LogP contribution is -2.35. The second-order valence-corrected chi connectivity index (χ2v) is 6.06. The van der Waals surface area contributed by atoms with Crippen molar-refractivity contribution in [2.24, 2.45) is 0 Å². The lowest BCUT2D eigenvalue weighted by molar-refractivity contribution is 0.163. The molecule has 1 atom stereocenters. The number of nitrogens with one attached hydrogen (secondary N) is 1. The van der Waals surface area contributed by atoms with Gasteiger partial charge >= 0.3 is 0 Å². The molecule has 1 fully saturated rings. The van der Waals surface area contributed by atoms with Gasteiger partial charge in [0, 0.05) is 29.9 Å². The van der Waals surface area contributed by atoms with Gasteiger partial charge in [-0.05, 0) is 23.8 Å². The van der Waals surface area contributed by atoms with Crippen molar-refractivity contribution in [1.29, 1.82) is 0 Å². The van der Waals surface area contributed by atoms with Gasteiger partial charge in [0.15, 0.2) is 6.35 Å². The molecule has 132 valence electrons. The maximum absolute atomic E-state index is 14.7. The molecule has 0 radical (unpaired) electrons. The molecule has 0 amide bonds. The first-order valence-electron chi connectivity index (χ1n) is 8.28. The molecule has 7 heteroatoms. The normalized spacial score (nSPS) is 16.8. The molecule has 1 aliphatic rings. The third kappa shape index (κ3) is 2.98. The topological polar surface area (TPSA) is 87.3 Å². The molecule has 26 heavy (non-hydrogen) atoms. The molecule has 4 rings (SSSR count). The van der Waals surface area contributed by atoms with Crippen LogP contribution in [0.15, 0.2) is 54.9 Å². The van der Waals surface area contributed by atoms with Gasteiger partial charge in [0.05, 0.1) is 18.1 Å². The Morgan fingerprint density at radius 2 is 1.96 bits per heavy atom. The van der Waals surface area contributed by atoms with Gasteiger partial charge in [0.1, 0.15) is 11.6 Å². The third-order valence-electron chi connectivity index (χ3n) is 4.42. The highest BCUT2D eigenvalue weighted by atomic mass is 19.1. The van der Waals surface area contributed by atoms with Crippen molar-refractivity contribution < 1.29 is 9.50 Å². The average Bonchev–Trinajstić information content (AvgIpc) is 3.08. The van der Waals surface area contributed by atoms with Crippen LogP contribution in [0.1, 0.15) is 0 Å². The summed E-state index contributed by atoms with van der Waals surface area (Å²) in [5.41, 5.74) is 8.75.